The smallest absolute Gasteiger partial charge is 0.349 e. The van der Waals surface area contributed by atoms with Gasteiger partial charge in [0.05, 0.1) is 7.11 Å². The molecule has 1 atom stereocenters. The van der Waals surface area contributed by atoms with Gasteiger partial charge in [0.1, 0.15) is 16.9 Å². The summed E-state index contributed by atoms with van der Waals surface area (Å²) >= 11 is 0. The van der Waals surface area contributed by atoms with Crippen molar-refractivity contribution in [3.8, 4) is 5.75 Å². The summed E-state index contributed by atoms with van der Waals surface area (Å²) in [7, 11) is 1.55. The molecule has 0 aliphatic heterocycles. The molecule has 1 aromatic carbocycles. The van der Waals surface area contributed by atoms with Crippen LogP contribution in [0.3, 0.4) is 0 Å². The molecule has 1 aromatic heterocycles. The van der Waals surface area contributed by atoms with Crippen molar-refractivity contribution in [3.63, 3.8) is 0 Å². The van der Waals surface area contributed by atoms with E-state index >= 15 is 0 Å². The van der Waals surface area contributed by atoms with Gasteiger partial charge in [-0.1, -0.05) is 6.92 Å². The third kappa shape index (κ3) is 2.82. The third-order valence-corrected chi connectivity index (χ3v) is 3.17. The minimum Gasteiger partial charge on any atom is -0.497 e. The molecule has 0 saturated heterocycles. The lowest BCUT2D eigenvalue weighted by Gasteiger charge is -2.10. The first-order valence-corrected chi connectivity index (χ1v) is 6.48. The average Bonchev–Trinajstić information content (AvgIpc) is 2.45. The van der Waals surface area contributed by atoms with Gasteiger partial charge in [-0.2, -0.15) is 0 Å². The Morgan fingerprint density at radius 2 is 2.15 bits per heavy atom. The zero-order valence-electron chi connectivity index (χ0n) is 11.7. The van der Waals surface area contributed by atoms with Crippen LogP contribution in [-0.4, -0.2) is 19.1 Å². The van der Waals surface area contributed by atoms with E-state index in [1.54, 1.807) is 25.3 Å². The van der Waals surface area contributed by atoms with Gasteiger partial charge in [-0.3, -0.25) is 4.79 Å². The maximum absolute atomic E-state index is 12.0. The molecular weight excluding hydrogens is 258 g/mol. The van der Waals surface area contributed by atoms with Crippen LogP contribution in [0.4, 0.5) is 0 Å². The van der Waals surface area contributed by atoms with E-state index in [1.165, 1.54) is 6.07 Å². The topological polar surface area (TPSA) is 68.5 Å². The normalized spacial score (nSPS) is 12.2. The molecule has 0 radical (unpaired) electrons. The first-order valence-electron chi connectivity index (χ1n) is 6.48. The van der Waals surface area contributed by atoms with Crippen LogP contribution in [-0.2, 0) is 0 Å². The second kappa shape index (κ2) is 5.77. The van der Waals surface area contributed by atoms with Crippen molar-refractivity contribution in [2.45, 2.75) is 26.3 Å². The Hall–Kier alpha value is -2.30. The van der Waals surface area contributed by atoms with Crippen LogP contribution in [0.25, 0.3) is 11.0 Å². The molecule has 0 aliphatic rings. The van der Waals surface area contributed by atoms with Crippen LogP contribution in [0.1, 0.15) is 30.6 Å². The van der Waals surface area contributed by atoms with Gasteiger partial charge in [0.25, 0.3) is 5.91 Å². The van der Waals surface area contributed by atoms with E-state index in [0.717, 1.165) is 6.42 Å². The molecule has 0 spiro atoms. The minimum atomic E-state index is -0.636. The molecule has 0 unspecified atom stereocenters. The van der Waals surface area contributed by atoms with Crippen molar-refractivity contribution in [2.75, 3.05) is 7.11 Å². The summed E-state index contributed by atoms with van der Waals surface area (Å²) in [5, 5.41) is 3.40. The summed E-state index contributed by atoms with van der Waals surface area (Å²) in [6.45, 7) is 3.84. The largest absolute Gasteiger partial charge is 0.497 e. The second-order valence-corrected chi connectivity index (χ2v) is 4.63. The first-order chi connectivity index (χ1) is 9.55. The van der Waals surface area contributed by atoms with Gasteiger partial charge < -0.3 is 14.5 Å². The van der Waals surface area contributed by atoms with Gasteiger partial charge in [-0.25, -0.2) is 4.79 Å². The quantitative estimate of drug-likeness (QED) is 0.869. The zero-order chi connectivity index (χ0) is 14.7. The first kappa shape index (κ1) is 14.1. The van der Waals surface area contributed by atoms with Crippen molar-refractivity contribution < 1.29 is 13.9 Å². The fourth-order valence-electron chi connectivity index (χ4n) is 1.79. The summed E-state index contributed by atoms with van der Waals surface area (Å²) in [5.74, 6) is 0.220. The molecule has 1 heterocycles. The second-order valence-electron chi connectivity index (χ2n) is 4.63. The van der Waals surface area contributed by atoms with Crippen molar-refractivity contribution in [1.29, 1.82) is 0 Å². The number of rotatable bonds is 4. The molecule has 106 valence electrons. The molecule has 20 heavy (non-hydrogen) atoms. The fraction of sp³-hybridized carbons (Fsp3) is 0.333. The summed E-state index contributed by atoms with van der Waals surface area (Å²) in [6, 6.07) is 6.60. The summed E-state index contributed by atoms with van der Waals surface area (Å²) < 4.78 is 10.3. The summed E-state index contributed by atoms with van der Waals surface area (Å²) in [6.07, 6.45) is 0.790. The Labute approximate surface area is 116 Å². The van der Waals surface area contributed by atoms with Crippen LogP contribution in [0.15, 0.2) is 33.5 Å². The molecular formula is C15H17NO4. The maximum Gasteiger partial charge on any atom is 0.349 e. The van der Waals surface area contributed by atoms with Gasteiger partial charge in [-0.05, 0) is 37.6 Å². The Balaban J connectivity index is 2.45. The highest BCUT2D eigenvalue weighted by atomic mass is 16.5. The molecule has 2 aromatic rings. The van der Waals surface area contributed by atoms with Crippen LogP contribution in [0.5, 0.6) is 5.75 Å². The van der Waals surface area contributed by atoms with Crippen molar-refractivity contribution in [1.82, 2.24) is 5.32 Å². The van der Waals surface area contributed by atoms with E-state index in [2.05, 4.69) is 5.32 Å². The molecule has 5 heteroatoms. The molecule has 2 rings (SSSR count). The number of methoxy groups -OCH3 is 1. The third-order valence-electron chi connectivity index (χ3n) is 3.17. The Bertz CT molecular complexity index is 690. The lowest BCUT2D eigenvalue weighted by molar-refractivity contribution is 0.0935. The average molecular weight is 275 g/mol. The van der Waals surface area contributed by atoms with Gasteiger partial charge in [0.2, 0.25) is 0 Å². The number of nitrogens with one attached hydrogen (secondary N) is 1. The number of ether oxygens (including phenoxy) is 1. The molecule has 1 N–H and O–H groups in total. The highest BCUT2D eigenvalue weighted by Gasteiger charge is 2.15. The molecule has 0 saturated carbocycles. The van der Waals surface area contributed by atoms with Gasteiger partial charge in [-0.15, -0.1) is 0 Å². The lowest BCUT2D eigenvalue weighted by Crippen LogP contribution is -2.34. The van der Waals surface area contributed by atoms with Crippen molar-refractivity contribution in [2.24, 2.45) is 0 Å². The van der Waals surface area contributed by atoms with Gasteiger partial charge in [0, 0.05) is 11.4 Å². The van der Waals surface area contributed by atoms with E-state index in [1.807, 2.05) is 13.8 Å². The molecule has 1 amide bonds. The molecule has 0 aliphatic carbocycles. The van der Waals surface area contributed by atoms with Crippen molar-refractivity contribution in [3.05, 3.63) is 40.2 Å². The number of benzene rings is 1. The number of carbonyl (C=O) groups is 1. The predicted molar refractivity (Wildman–Crippen MR) is 76.3 cm³/mol. The number of fused-ring (bicyclic) bond motifs is 1. The maximum atomic E-state index is 12.0. The van der Waals surface area contributed by atoms with Gasteiger partial charge in [0.15, 0.2) is 0 Å². The van der Waals surface area contributed by atoms with E-state index < -0.39 is 11.5 Å². The van der Waals surface area contributed by atoms with Gasteiger partial charge >= 0.3 is 5.63 Å². The van der Waals surface area contributed by atoms with E-state index in [-0.39, 0.29) is 11.6 Å². The van der Waals surface area contributed by atoms with Crippen LogP contribution >= 0.6 is 0 Å². The van der Waals surface area contributed by atoms with Crippen LogP contribution < -0.4 is 15.7 Å². The SMILES string of the molecule is CC[C@@H](C)NC(=O)c1cc2cc(OC)ccc2oc1=O. The predicted octanol–water partition coefficient (Wildman–Crippen LogP) is 2.33. The number of carbonyl (C=O) groups excluding carboxylic acids is 1. The Morgan fingerprint density at radius 3 is 2.80 bits per heavy atom. The standard InChI is InChI=1S/C15H17NO4/c1-4-9(2)16-14(17)12-8-10-7-11(19-3)5-6-13(10)20-15(12)18/h5-9H,4H2,1-3H3,(H,16,17)/t9-/m1/s1. The number of hydrogen-bond acceptors (Lipinski definition) is 4. The van der Waals surface area contributed by atoms with E-state index in [0.29, 0.717) is 16.7 Å². The molecule has 0 fully saturated rings. The monoisotopic (exact) mass is 275 g/mol. The zero-order valence-corrected chi connectivity index (χ0v) is 11.7. The van der Waals surface area contributed by atoms with Crippen molar-refractivity contribution >= 4 is 16.9 Å². The Morgan fingerprint density at radius 1 is 1.40 bits per heavy atom. The van der Waals surface area contributed by atoms with E-state index in [4.69, 9.17) is 9.15 Å². The number of amides is 1. The Kier molecular flexibility index (Phi) is 4.08. The summed E-state index contributed by atoms with van der Waals surface area (Å²) in [4.78, 5) is 23.9. The van der Waals surface area contributed by atoms with Crippen LogP contribution in [0, 0.1) is 0 Å². The number of hydrogen-bond donors (Lipinski definition) is 1. The highest BCUT2D eigenvalue weighted by molar-refractivity contribution is 5.96. The minimum absolute atomic E-state index is 0.00269. The lowest BCUT2D eigenvalue weighted by atomic mass is 10.1. The van der Waals surface area contributed by atoms with E-state index in [9.17, 15) is 9.59 Å². The summed E-state index contributed by atoms with van der Waals surface area (Å²) in [5.41, 5.74) is -0.203. The van der Waals surface area contributed by atoms with Crippen LogP contribution in [0.2, 0.25) is 0 Å². The molecule has 0 bridgehead atoms. The highest BCUT2D eigenvalue weighted by Crippen LogP contribution is 2.20. The fourth-order valence-corrected chi connectivity index (χ4v) is 1.79. The molecule has 5 nitrogen and oxygen atoms in total.